The lowest BCUT2D eigenvalue weighted by molar-refractivity contribution is 0.628. The molecule has 0 aliphatic heterocycles. The highest BCUT2D eigenvalue weighted by Gasteiger charge is 2.27. The van der Waals surface area contributed by atoms with E-state index in [9.17, 15) is 0 Å². The SMILES string of the molecule is Fc1cc(-c2ccccc2)c(-c2ccc3c(c2)-c2cccc4c(-c5c(-c6ccccc6)cc(F)cc5-c5ccccc5)ccc-3c24)c(-c2ccccc2)c1. The Kier molecular flexibility index (Phi) is 7.63. The molecule has 254 valence electrons. The van der Waals surface area contributed by atoms with Gasteiger partial charge in [-0.15, -0.1) is 0 Å². The van der Waals surface area contributed by atoms with Gasteiger partial charge in [0, 0.05) is 0 Å². The summed E-state index contributed by atoms with van der Waals surface area (Å²) in [4.78, 5) is 0. The predicted octanol–water partition coefficient (Wildman–Crippen LogP) is 14.8. The van der Waals surface area contributed by atoms with Crippen LogP contribution in [0.1, 0.15) is 0 Å². The Labute approximate surface area is 313 Å². The Morgan fingerprint density at radius 2 is 0.648 bits per heavy atom. The van der Waals surface area contributed by atoms with E-state index >= 15 is 8.78 Å². The molecule has 0 unspecified atom stereocenters. The van der Waals surface area contributed by atoms with E-state index in [0.29, 0.717) is 0 Å². The van der Waals surface area contributed by atoms with Crippen LogP contribution in [0.3, 0.4) is 0 Å². The fourth-order valence-corrected chi connectivity index (χ4v) is 8.43. The van der Waals surface area contributed by atoms with E-state index in [1.165, 1.54) is 10.9 Å². The van der Waals surface area contributed by atoms with Gasteiger partial charge in [0.1, 0.15) is 11.6 Å². The zero-order valence-electron chi connectivity index (χ0n) is 29.2. The second-order valence-corrected chi connectivity index (χ2v) is 13.9. The highest BCUT2D eigenvalue weighted by molar-refractivity contribution is 6.20. The Hall–Kier alpha value is -6.90. The molecule has 10 rings (SSSR count). The lowest BCUT2D eigenvalue weighted by Crippen LogP contribution is -1.94. The molecule has 0 spiro atoms. The van der Waals surface area contributed by atoms with Crippen molar-refractivity contribution < 1.29 is 8.78 Å². The van der Waals surface area contributed by atoms with Crippen LogP contribution >= 0.6 is 0 Å². The van der Waals surface area contributed by atoms with Crippen molar-refractivity contribution in [3.05, 3.63) is 206 Å². The Bertz CT molecular complexity index is 2740. The highest BCUT2D eigenvalue weighted by Crippen LogP contribution is 2.53. The minimum atomic E-state index is -0.271. The van der Waals surface area contributed by atoms with Gasteiger partial charge in [-0.3, -0.25) is 0 Å². The van der Waals surface area contributed by atoms with E-state index in [0.717, 1.165) is 88.8 Å². The highest BCUT2D eigenvalue weighted by atomic mass is 19.1. The fraction of sp³-hybridized carbons (Fsp3) is 0. The molecular formula is C52H32F2. The van der Waals surface area contributed by atoms with E-state index in [2.05, 4.69) is 48.5 Å². The predicted molar refractivity (Wildman–Crippen MR) is 221 cm³/mol. The molecule has 0 atom stereocenters. The van der Waals surface area contributed by atoms with Crippen molar-refractivity contribution in [3.8, 4) is 89.0 Å². The van der Waals surface area contributed by atoms with Crippen molar-refractivity contribution in [2.24, 2.45) is 0 Å². The topological polar surface area (TPSA) is 0 Å². The lowest BCUT2D eigenvalue weighted by Gasteiger charge is -2.19. The van der Waals surface area contributed by atoms with Gasteiger partial charge in [0.2, 0.25) is 0 Å². The summed E-state index contributed by atoms with van der Waals surface area (Å²) in [6.45, 7) is 0. The van der Waals surface area contributed by atoms with Crippen LogP contribution in [0.5, 0.6) is 0 Å². The van der Waals surface area contributed by atoms with E-state index < -0.39 is 0 Å². The molecular weight excluding hydrogens is 663 g/mol. The molecule has 0 bridgehead atoms. The first kappa shape index (κ1) is 31.8. The summed E-state index contributed by atoms with van der Waals surface area (Å²) in [5, 5.41) is 2.29. The maximum absolute atomic E-state index is 15.6. The molecule has 1 aliphatic rings. The zero-order chi connectivity index (χ0) is 36.2. The molecule has 0 amide bonds. The number of benzene rings is 9. The Balaban J connectivity index is 1.21. The van der Waals surface area contributed by atoms with Crippen molar-refractivity contribution in [3.63, 3.8) is 0 Å². The molecule has 0 N–H and O–H groups in total. The first-order valence-electron chi connectivity index (χ1n) is 18.2. The summed E-state index contributed by atoms with van der Waals surface area (Å²) >= 11 is 0. The van der Waals surface area contributed by atoms with E-state index in [1.807, 2.05) is 121 Å². The smallest absolute Gasteiger partial charge is 0.124 e. The average Bonchev–Trinajstić information content (AvgIpc) is 3.55. The summed E-state index contributed by atoms with van der Waals surface area (Å²) in [7, 11) is 0. The summed E-state index contributed by atoms with van der Waals surface area (Å²) in [6, 6.07) is 64.6. The first-order valence-corrected chi connectivity index (χ1v) is 18.2. The molecule has 2 heteroatoms. The third kappa shape index (κ3) is 5.26. The molecule has 54 heavy (non-hydrogen) atoms. The van der Waals surface area contributed by atoms with Crippen molar-refractivity contribution in [2.75, 3.05) is 0 Å². The summed E-state index contributed by atoms with van der Waals surface area (Å²) in [5.41, 5.74) is 15.9. The van der Waals surface area contributed by atoms with Crippen LogP contribution in [-0.2, 0) is 0 Å². The molecule has 0 saturated carbocycles. The Morgan fingerprint density at radius 3 is 1.13 bits per heavy atom. The van der Waals surface area contributed by atoms with Crippen LogP contribution in [0.15, 0.2) is 194 Å². The monoisotopic (exact) mass is 694 g/mol. The molecule has 0 nitrogen and oxygen atoms in total. The zero-order valence-corrected chi connectivity index (χ0v) is 29.2. The van der Waals surface area contributed by atoms with Crippen molar-refractivity contribution >= 4 is 10.8 Å². The number of hydrogen-bond acceptors (Lipinski definition) is 0. The summed E-state index contributed by atoms with van der Waals surface area (Å²) in [5.74, 6) is -0.541. The quantitative estimate of drug-likeness (QED) is 0.163. The third-order valence-corrected chi connectivity index (χ3v) is 10.7. The first-order chi connectivity index (χ1) is 26.6. The number of rotatable bonds is 6. The molecule has 1 aliphatic carbocycles. The molecule has 0 fully saturated rings. The number of fused-ring (bicyclic) bond motifs is 3. The molecule has 9 aromatic rings. The van der Waals surface area contributed by atoms with E-state index in [-0.39, 0.29) is 11.6 Å². The molecule has 0 heterocycles. The van der Waals surface area contributed by atoms with Crippen molar-refractivity contribution in [2.45, 2.75) is 0 Å². The van der Waals surface area contributed by atoms with Gasteiger partial charge in [0.15, 0.2) is 0 Å². The lowest BCUT2D eigenvalue weighted by atomic mass is 9.84. The normalized spacial score (nSPS) is 11.5. The maximum atomic E-state index is 15.6. The van der Waals surface area contributed by atoms with Crippen LogP contribution in [0.2, 0.25) is 0 Å². The van der Waals surface area contributed by atoms with Gasteiger partial charge in [-0.2, -0.15) is 0 Å². The van der Waals surface area contributed by atoms with Gasteiger partial charge >= 0.3 is 0 Å². The van der Waals surface area contributed by atoms with Gasteiger partial charge in [-0.25, -0.2) is 8.78 Å². The van der Waals surface area contributed by atoms with Crippen LogP contribution in [0.4, 0.5) is 8.78 Å². The van der Waals surface area contributed by atoms with Crippen LogP contribution < -0.4 is 0 Å². The largest absolute Gasteiger partial charge is 0.207 e. The van der Waals surface area contributed by atoms with E-state index in [1.54, 1.807) is 24.3 Å². The van der Waals surface area contributed by atoms with Gasteiger partial charge in [0.05, 0.1) is 0 Å². The minimum Gasteiger partial charge on any atom is -0.207 e. The second-order valence-electron chi connectivity index (χ2n) is 13.9. The second kappa shape index (κ2) is 12.9. The molecule has 0 saturated heterocycles. The standard InChI is InChI=1S/C52H32F2/c53-38-29-45(33-14-5-1-6-15-33)50(46(30-38)34-16-7-2-8-17-34)37-24-25-40-43-26-27-44(41-22-13-23-42(51(41)43)49(40)28-37)52-47(35-18-9-3-10-19-35)31-39(54)32-48(52)36-20-11-4-12-21-36/h1-32H. The summed E-state index contributed by atoms with van der Waals surface area (Å²) < 4.78 is 31.1. The Morgan fingerprint density at radius 1 is 0.241 bits per heavy atom. The molecule has 0 radical (unpaired) electrons. The van der Waals surface area contributed by atoms with Gasteiger partial charge in [-0.1, -0.05) is 164 Å². The number of halogens is 2. The molecule has 0 aromatic heterocycles. The van der Waals surface area contributed by atoms with Crippen LogP contribution in [0, 0.1) is 11.6 Å². The number of hydrogen-bond donors (Lipinski definition) is 0. The fourth-order valence-electron chi connectivity index (χ4n) is 8.43. The average molecular weight is 695 g/mol. The maximum Gasteiger partial charge on any atom is 0.124 e. The van der Waals surface area contributed by atoms with Gasteiger partial charge in [-0.05, 0) is 130 Å². The molecule has 9 aromatic carbocycles. The summed E-state index contributed by atoms with van der Waals surface area (Å²) in [6.07, 6.45) is 0. The van der Waals surface area contributed by atoms with Crippen molar-refractivity contribution in [1.29, 1.82) is 0 Å². The van der Waals surface area contributed by atoms with Crippen LogP contribution in [-0.4, -0.2) is 0 Å². The van der Waals surface area contributed by atoms with Gasteiger partial charge < -0.3 is 0 Å². The van der Waals surface area contributed by atoms with E-state index in [4.69, 9.17) is 0 Å². The van der Waals surface area contributed by atoms with Gasteiger partial charge in [0.25, 0.3) is 0 Å². The van der Waals surface area contributed by atoms with Crippen molar-refractivity contribution in [1.82, 2.24) is 0 Å². The van der Waals surface area contributed by atoms with Crippen LogP contribution in [0.25, 0.3) is 99.8 Å². The minimum absolute atomic E-state index is 0.271. The third-order valence-electron chi connectivity index (χ3n) is 10.7.